The molecule has 0 aliphatic carbocycles. The maximum atomic E-state index is 12.7. The Morgan fingerprint density at radius 2 is 2.05 bits per heavy atom. The number of allylic oxidation sites excluding steroid dienone is 1. The molecule has 0 N–H and O–H groups in total. The Balaban J connectivity index is 2.06. The van der Waals surface area contributed by atoms with E-state index in [-0.39, 0.29) is 5.91 Å². The lowest BCUT2D eigenvalue weighted by molar-refractivity contribution is 0.0783. The molecule has 1 aliphatic heterocycles. The highest BCUT2D eigenvalue weighted by Gasteiger charge is 2.24. The van der Waals surface area contributed by atoms with E-state index in [4.69, 9.17) is 0 Å². The predicted molar refractivity (Wildman–Crippen MR) is 84.5 cm³/mol. The van der Waals surface area contributed by atoms with E-state index in [0.29, 0.717) is 6.54 Å². The van der Waals surface area contributed by atoms with Crippen molar-refractivity contribution in [2.45, 2.75) is 33.2 Å². The molecular weight excluding hydrogens is 268 g/mol. The van der Waals surface area contributed by atoms with Crippen LogP contribution in [0.3, 0.4) is 0 Å². The first-order valence-electron chi connectivity index (χ1n) is 7.09. The van der Waals surface area contributed by atoms with Crippen molar-refractivity contribution >= 4 is 27.5 Å². The lowest BCUT2D eigenvalue weighted by Crippen LogP contribution is -2.29. The lowest BCUT2D eigenvalue weighted by Gasteiger charge is -2.17. The minimum Gasteiger partial charge on any atom is -0.337 e. The minimum atomic E-state index is 0.171. The molecule has 0 saturated carbocycles. The number of nitrogens with zero attached hydrogens (tertiary/aromatic N) is 2. The fraction of sp³-hybridized carbons (Fsp3) is 0.438. The molecule has 1 saturated heterocycles. The summed E-state index contributed by atoms with van der Waals surface area (Å²) in [6.45, 7) is 10.6. The van der Waals surface area contributed by atoms with Crippen molar-refractivity contribution in [3.63, 3.8) is 0 Å². The smallest absolute Gasteiger partial charge is 0.270 e. The van der Waals surface area contributed by atoms with Gasteiger partial charge in [-0.3, -0.25) is 4.79 Å². The van der Waals surface area contributed by atoms with Crippen molar-refractivity contribution in [1.29, 1.82) is 0 Å². The van der Waals surface area contributed by atoms with E-state index in [1.54, 1.807) is 11.3 Å². The highest BCUT2D eigenvalue weighted by atomic mass is 32.1. The summed E-state index contributed by atoms with van der Waals surface area (Å²) in [7, 11) is 0. The van der Waals surface area contributed by atoms with Gasteiger partial charge in [0.25, 0.3) is 5.91 Å². The van der Waals surface area contributed by atoms with E-state index in [0.717, 1.165) is 42.7 Å². The number of hydrogen-bond acceptors (Lipinski definition) is 2. The maximum absolute atomic E-state index is 12.7. The molecule has 3 heterocycles. The summed E-state index contributed by atoms with van der Waals surface area (Å²) in [5.74, 6) is 0.171. The van der Waals surface area contributed by atoms with Crippen LogP contribution in [0.5, 0.6) is 0 Å². The molecule has 3 rings (SSSR count). The normalized spacial score (nSPS) is 15.2. The largest absolute Gasteiger partial charge is 0.337 e. The number of rotatable bonds is 3. The number of aromatic nitrogens is 1. The second kappa shape index (κ2) is 5.09. The third-order valence-electron chi connectivity index (χ3n) is 3.75. The summed E-state index contributed by atoms with van der Waals surface area (Å²) < 4.78 is 3.33. The summed E-state index contributed by atoms with van der Waals surface area (Å²) in [4.78, 5) is 15.9. The number of amides is 1. The van der Waals surface area contributed by atoms with Crippen LogP contribution in [0, 0.1) is 6.92 Å². The molecule has 3 nitrogen and oxygen atoms in total. The second-order valence-electron chi connectivity index (χ2n) is 5.68. The Morgan fingerprint density at radius 1 is 1.35 bits per heavy atom. The van der Waals surface area contributed by atoms with Gasteiger partial charge in [0.05, 0.1) is 10.2 Å². The molecule has 106 valence electrons. The molecule has 0 unspecified atom stereocenters. The van der Waals surface area contributed by atoms with Crippen LogP contribution in [0.15, 0.2) is 24.3 Å². The van der Waals surface area contributed by atoms with E-state index < -0.39 is 0 Å². The first-order chi connectivity index (χ1) is 9.56. The van der Waals surface area contributed by atoms with Crippen molar-refractivity contribution in [3.05, 3.63) is 34.9 Å². The summed E-state index contributed by atoms with van der Waals surface area (Å²) in [5, 5.41) is 0. The molecule has 0 aromatic carbocycles. The second-order valence-corrected chi connectivity index (χ2v) is 6.97. The Labute approximate surface area is 123 Å². The monoisotopic (exact) mass is 288 g/mol. The van der Waals surface area contributed by atoms with Crippen LogP contribution in [0.25, 0.3) is 10.2 Å². The maximum Gasteiger partial charge on any atom is 0.270 e. The molecule has 20 heavy (non-hydrogen) atoms. The SMILES string of the molecule is C=C(C)Cn1c(C(=O)N2CCCC2)cc2sc(C)cc21. The fourth-order valence-electron chi connectivity index (χ4n) is 2.86. The van der Waals surface area contributed by atoms with Gasteiger partial charge in [-0.15, -0.1) is 11.3 Å². The van der Waals surface area contributed by atoms with Crippen molar-refractivity contribution < 1.29 is 4.79 Å². The van der Waals surface area contributed by atoms with Crippen LogP contribution in [0.4, 0.5) is 0 Å². The Bertz CT molecular complexity index is 674. The number of carbonyl (C=O) groups is 1. The van der Waals surface area contributed by atoms with Crippen LogP contribution in [0.2, 0.25) is 0 Å². The standard InChI is InChI=1S/C16H20N2OS/c1-11(2)10-18-13-8-12(3)20-15(13)9-14(18)16(19)17-6-4-5-7-17/h8-9H,1,4-7,10H2,2-3H3. The highest BCUT2D eigenvalue weighted by Crippen LogP contribution is 2.30. The fourth-order valence-corrected chi connectivity index (χ4v) is 3.83. The molecule has 0 radical (unpaired) electrons. The zero-order valence-electron chi connectivity index (χ0n) is 12.1. The third kappa shape index (κ3) is 2.29. The van der Waals surface area contributed by atoms with Crippen LogP contribution < -0.4 is 0 Å². The van der Waals surface area contributed by atoms with Crippen molar-refractivity contribution in [1.82, 2.24) is 9.47 Å². The predicted octanol–water partition coefficient (Wildman–Crippen LogP) is 3.82. The minimum absolute atomic E-state index is 0.171. The number of carbonyl (C=O) groups excluding carboxylic acids is 1. The molecule has 0 spiro atoms. The van der Waals surface area contributed by atoms with E-state index >= 15 is 0 Å². The molecule has 1 aliphatic rings. The van der Waals surface area contributed by atoms with Crippen molar-refractivity contribution in [3.8, 4) is 0 Å². The van der Waals surface area contributed by atoms with Crippen LogP contribution in [-0.4, -0.2) is 28.5 Å². The zero-order chi connectivity index (χ0) is 14.3. The molecular formula is C16H20N2OS. The Morgan fingerprint density at radius 3 is 2.70 bits per heavy atom. The van der Waals surface area contributed by atoms with Crippen LogP contribution >= 0.6 is 11.3 Å². The quantitative estimate of drug-likeness (QED) is 0.788. The van der Waals surface area contributed by atoms with E-state index in [2.05, 4.69) is 30.2 Å². The van der Waals surface area contributed by atoms with E-state index in [9.17, 15) is 4.79 Å². The van der Waals surface area contributed by atoms with Gasteiger partial charge in [-0.2, -0.15) is 0 Å². The van der Waals surface area contributed by atoms with Gasteiger partial charge in [0.1, 0.15) is 5.69 Å². The third-order valence-corrected chi connectivity index (χ3v) is 4.74. The van der Waals surface area contributed by atoms with Gasteiger partial charge in [0.15, 0.2) is 0 Å². The molecule has 1 fully saturated rings. The summed E-state index contributed by atoms with van der Waals surface area (Å²) in [6, 6.07) is 4.22. The van der Waals surface area contributed by atoms with Gasteiger partial charge in [-0.25, -0.2) is 0 Å². The molecule has 0 atom stereocenters. The topological polar surface area (TPSA) is 25.2 Å². The van der Waals surface area contributed by atoms with Crippen molar-refractivity contribution in [2.75, 3.05) is 13.1 Å². The van der Waals surface area contributed by atoms with Crippen LogP contribution in [-0.2, 0) is 6.54 Å². The zero-order valence-corrected chi connectivity index (χ0v) is 12.9. The molecule has 1 amide bonds. The van der Waals surface area contributed by atoms with Gasteiger partial charge >= 0.3 is 0 Å². The van der Waals surface area contributed by atoms with Gasteiger partial charge in [0, 0.05) is 24.5 Å². The van der Waals surface area contributed by atoms with Gasteiger partial charge < -0.3 is 9.47 Å². The number of fused-ring (bicyclic) bond motifs is 1. The summed E-state index contributed by atoms with van der Waals surface area (Å²) in [5.41, 5.74) is 3.05. The average molecular weight is 288 g/mol. The van der Waals surface area contributed by atoms with E-state index in [1.165, 1.54) is 9.58 Å². The lowest BCUT2D eigenvalue weighted by atomic mass is 10.3. The summed E-state index contributed by atoms with van der Waals surface area (Å²) >= 11 is 1.75. The summed E-state index contributed by atoms with van der Waals surface area (Å²) in [6.07, 6.45) is 2.25. The first kappa shape index (κ1) is 13.4. The number of thiophene rings is 1. The number of aryl methyl sites for hydroxylation is 1. The van der Waals surface area contributed by atoms with Crippen molar-refractivity contribution in [2.24, 2.45) is 0 Å². The highest BCUT2D eigenvalue weighted by molar-refractivity contribution is 7.19. The molecule has 0 bridgehead atoms. The number of likely N-dealkylation sites (tertiary alicyclic amines) is 1. The molecule has 2 aromatic heterocycles. The van der Waals surface area contributed by atoms with E-state index in [1.807, 2.05) is 11.8 Å². The molecule has 4 heteroatoms. The van der Waals surface area contributed by atoms with Gasteiger partial charge in [0.2, 0.25) is 0 Å². The number of hydrogen-bond donors (Lipinski definition) is 0. The average Bonchev–Trinajstić information content (AvgIpc) is 3.05. The van der Waals surface area contributed by atoms with Crippen LogP contribution in [0.1, 0.15) is 35.1 Å². The first-order valence-corrected chi connectivity index (χ1v) is 7.91. The Kier molecular flexibility index (Phi) is 3.42. The Hall–Kier alpha value is -1.55. The molecule has 2 aromatic rings. The van der Waals surface area contributed by atoms with Gasteiger partial charge in [-0.05, 0) is 38.8 Å². The van der Waals surface area contributed by atoms with Gasteiger partial charge in [-0.1, -0.05) is 12.2 Å².